The predicted octanol–water partition coefficient (Wildman–Crippen LogP) is 4.27. The summed E-state index contributed by atoms with van der Waals surface area (Å²) in [5, 5.41) is 18.1. The molecular formula is C18H17F3N2OS. The molecule has 0 aromatic heterocycles. The van der Waals surface area contributed by atoms with E-state index in [2.05, 4.69) is 0 Å². The third-order valence-electron chi connectivity index (χ3n) is 3.52. The molecule has 2 aromatic rings. The van der Waals surface area contributed by atoms with Crippen molar-refractivity contribution in [3.63, 3.8) is 0 Å². The molecule has 132 valence electrons. The van der Waals surface area contributed by atoms with Crippen LogP contribution in [0.4, 0.5) is 18.9 Å². The van der Waals surface area contributed by atoms with Crippen molar-refractivity contribution in [1.82, 2.24) is 0 Å². The van der Waals surface area contributed by atoms with Crippen molar-refractivity contribution >= 4 is 17.4 Å². The number of aliphatic hydroxyl groups excluding tert-OH is 1. The number of rotatable bonds is 7. The zero-order chi connectivity index (χ0) is 18.3. The summed E-state index contributed by atoms with van der Waals surface area (Å²) in [6.45, 7) is 0.0399. The topological polar surface area (TPSA) is 47.3 Å². The summed E-state index contributed by atoms with van der Waals surface area (Å²) in [4.78, 5) is 1.67. The van der Waals surface area contributed by atoms with Crippen LogP contribution in [0.3, 0.4) is 0 Å². The summed E-state index contributed by atoms with van der Waals surface area (Å²) in [5.41, 5.74) is 0.0915. The van der Waals surface area contributed by atoms with Gasteiger partial charge in [0.1, 0.15) is 0 Å². The van der Waals surface area contributed by atoms with E-state index in [4.69, 9.17) is 5.26 Å². The molecule has 0 bridgehead atoms. The first-order chi connectivity index (χ1) is 12.0. The van der Waals surface area contributed by atoms with Crippen molar-refractivity contribution in [2.75, 3.05) is 23.9 Å². The van der Waals surface area contributed by atoms with Crippen molar-refractivity contribution in [3.8, 4) is 6.07 Å². The van der Waals surface area contributed by atoms with Crippen LogP contribution in [0.1, 0.15) is 16.7 Å². The first-order valence-corrected chi connectivity index (χ1v) is 8.70. The molecule has 0 saturated carbocycles. The standard InChI is InChI=1S/C18H17F3N2OS/c19-18(20,21)17-10-16(7-6-15(17)11-22)23(8-9-24)13-25-12-14-4-2-1-3-5-14/h1-7,10,24H,8-9,12-13H2. The largest absolute Gasteiger partial charge is 0.417 e. The minimum atomic E-state index is -4.59. The number of hydrogen-bond donors (Lipinski definition) is 1. The zero-order valence-corrected chi connectivity index (χ0v) is 14.1. The molecule has 0 aliphatic heterocycles. The minimum Gasteiger partial charge on any atom is -0.395 e. The van der Waals surface area contributed by atoms with E-state index >= 15 is 0 Å². The molecule has 25 heavy (non-hydrogen) atoms. The molecule has 0 heterocycles. The Kier molecular flexibility index (Phi) is 6.73. The maximum absolute atomic E-state index is 13.1. The van der Waals surface area contributed by atoms with Crippen molar-refractivity contribution in [3.05, 3.63) is 65.2 Å². The molecule has 0 atom stereocenters. The summed E-state index contributed by atoms with van der Waals surface area (Å²) in [5.74, 6) is 1.14. The second-order valence-corrected chi connectivity index (χ2v) is 6.24. The normalized spacial score (nSPS) is 11.2. The highest BCUT2D eigenvalue weighted by molar-refractivity contribution is 7.98. The number of nitrogens with zero attached hydrogens (tertiary/aromatic N) is 2. The summed E-state index contributed by atoms with van der Waals surface area (Å²) >= 11 is 1.54. The number of alkyl halides is 3. The van der Waals surface area contributed by atoms with Crippen LogP contribution in [0.15, 0.2) is 48.5 Å². The third-order valence-corrected chi connectivity index (χ3v) is 4.55. The number of benzene rings is 2. The fraction of sp³-hybridized carbons (Fsp3) is 0.278. The molecule has 0 unspecified atom stereocenters. The SMILES string of the molecule is N#Cc1ccc(N(CCO)CSCc2ccccc2)cc1C(F)(F)F. The third kappa shape index (κ3) is 5.41. The number of thioether (sulfide) groups is 1. The van der Waals surface area contributed by atoms with Gasteiger partial charge in [-0.2, -0.15) is 18.4 Å². The van der Waals surface area contributed by atoms with E-state index < -0.39 is 17.3 Å². The number of anilines is 1. The Balaban J connectivity index is 2.15. The van der Waals surface area contributed by atoms with Crippen molar-refractivity contribution in [2.45, 2.75) is 11.9 Å². The quantitative estimate of drug-likeness (QED) is 0.744. The van der Waals surface area contributed by atoms with Gasteiger partial charge in [0.2, 0.25) is 0 Å². The van der Waals surface area contributed by atoms with Gasteiger partial charge in [0.25, 0.3) is 0 Å². The molecule has 0 amide bonds. The summed E-state index contributed by atoms with van der Waals surface area (Å²) in [7, 11) is 0. The smallest absolute Gasteiger partial charge is 0.395 e. The van der Waals surface area contributed by atoms with Crippen LogP contribution >= 0.6 is 11.8 Å². The van der Waals surface area contributed by atoms with E-state index in [1.54, 1.807) is 22.7 Å². The van der Waals surface area contributed by atoms with Gasteiger partial charge in [0.15, 0.2) is 0 Å². The lowest BCUT2D eigenvalue weighted by molar-refractivity contribution is -0.137. The van der Waals surface area contributed by atoms with E-state index in [1.165, 1.54) is 12.1 Å². The van der Waals surface area contributed by atoms with Crippen molar-refractivity contribution in [1.29, 1.82) is 5.26 Å². The van der Waals surface area contributed by atoms with Gasteiger partial charge in [0.05, 0.1) is 29.7 Å². The lowest BCUT2D eigenvalue weighted by Crippen LogP contribution is -2.26. The maximum Gasteiger partial charge on any atom is 0.417 e. The highest BCUT2D eigenvalue weighted by atomic mass is 32.2. The van der Waals surface area contributed by atoms with Crippen LogP contribution in [-0.2, 0) is 11.9 Å². The molecule has 0 aliphatic rings. The molecule has 7 heteroatoms. The molecule has 1 N–H and O–H groups in total. The van der Waals surface area contributed by atoms with Gasteiger partial charge in [-0.3, -0.25) is 0 Å². The molecule has 0 fully saturated rings. The molecule has 2 aromatic carbocycles. The number of nitriles is 1. The van der Waals surface area contributed by atoms with Gasteiger partial charge in [-0.15, -0.1) is 11.8 Å². The second-order valence-electron chi connectivity index (χ2n) is 5.29. The molecule has 0 saturated heterocycles. The average Bonchev–Trinajstić information content (AvgIpc) is 2.60. The lowest BCUT2D eigenvalue weighted by Gasteiger charge is -2.24. The van der Waals surface area contributed by atoms with Gasteiger partial charge < -0.3 is 10.0 Å². The van der Waals surface area contributed by atoms with E-state index in [-0.39, 0.29) is 13.2 Å². The Labute approximate surface area is 148 Å². The average molecular weight is 366 g/mol. The first-order valence-electron chi connectivity index (χ1n) is 7.54. The molecule has 2 rings (SSSR count). The minimum absolute atomic E-state index is 0.173. The van der Waals surface area contributed by atoms with Gasteiger partial charge in [-0.05, 0) is 23.8 Å². The lowest BCUT2D eigenvalue weighted by atomic mass is 10.1. The monoisotopic (exact) mass is 366 g/mol. The maximum atomic E-state index is 13.1. The van der Waals surface area contributed by atoms with E-state index in [1.807, 2.05) is 30.3 Å². The summed E-state index contributed by atoms with van der Waals surface area (Å²) in [6.07, 6.45) is -4.59. The number of halogens is 3. The van der Waals surface area contributed by atoms with Crippen LogP contribution < -0.4 is 4.90 Å². The van der Waals surface area contributed by atoms with Gasteiger partial charge in [-0.25, -0.2) is 0 Å². The Morgan fingerprint density at radius 1 is 1.12 bits per heavy atom. The Bertz CT molecular complexity index is 729. The van der Waals surface area contributed by atoms with Gasteiger partial charge >= 0.3 is 6.18 Å². The summed E-state index contributed by atoms with van der Waals surface area (Å²) < 4.78 is 39.3. The molecular weight excluding hydrogens is 349 g/mol. The molecule has 0 radical (unpaired) electrons. The Morgan fingerprint density at radius 2 is 1.84 bits per heavy atom. The number of hydrogen-bond acceptors (Lipinski definition) is 4. The highest BCUT2D eigenvalue weighted by Crippen LogP contribution is 2.34. The van der Waals surface area contributed by atoms with E-state index in [9.17, 15) is 18.3 Å². The van der Waals surface area contributed by atoms with E-state index in [0.29, 0.717) is 17.3 Å². The van der Waals surface area contributed by atoms with Crippen LogP contribution in [0, 0.1) is 11.3 Å². The fourth-order valence-electron chi connectivity index (χ4n) is 2.30. The Hall–Kier alpha value is -2.17. The first kappa shape index (κ1) is 19.2. The van der Waals surface area contributed by atoms with Gasteiger partial charge in [0, 0.05) is 18.0 Å². The number of aliphatic hydroxyl groups is 1. The zero-order valence-electron chi connectivity index (χ0n) is 13.3. The van der Waals surface area contributed by atoms with Crippen molar-refractivity contribution < 1.29 is 18.3 Å². The Morgan fingerprint density at radius 3 is 2.44 bits per heavy atom. The van der Waals surface area contributed by atoms with E-state index in [0.717, 1.165) is 11.6 Å². The predicted molar refractivity (Wildman–Crippen MR) is 93.2 cm³/mol. The molecule has 0 aliphatic carbocycles. The van der Waals surface area contributed by atoms with Gasteiger partial charge in [-0.1, -0.05) is 30.3 Å². The highest BCUT2D eigenvalue weighted by Gasteiger charge is 2.34. The van der Waals surface area contributed by atoms with Crippen LogP contribution in [0.5, 0.6) is 0 Å². The van der Waals surface area contributed by atoms with Crippen LogP contribution in [-0.4, -0.2) is 24.1 Å². The molecule has 0 spiro atoms. The van der Waals surface area contributed by atoms with Crippen LogP contribution in [0.25, 0.3) is 0 Å². The fourth-order valence-corrected chi connectivity index (χ4v) is 3.32. The van der Waals surface area contributed by atoms with Crippen molar-refractivity contribution in [2.24, 2.45) is 0 Å². The summed E-state index contributed by atoms with van der Waals surface area (Å²) in [6, 6.07) is 14.9. The second kappa shape index (κ2) is 8.79. The molecule has 3 nitrogen and oxygen atoms in total. The van der Waals surface area contributed by atoms with Crippen LogP contribution in [0.2, 0.25) is 0 Å².